The van der Waals surface area contributed by atoms with Crippen molar-refractivity contribution < 1.29 is 13.2 Å². The van der Waals surface area contributed by atoms with Gasteiger partial charge in [0.05, 0.1) is 17.1 Å². The van der Waals surface area contributed by atoms with Crippen molar-refractivity contribution in [2.45, 2.75) is 44.8 Å². The number of para-hydroxylation sites is 1. The molecule has 4 rings (SSSR count). The largest absolute Gasteiger partial charge is 0.391 e. The molecular formula is C18H19F3N4. The van der Waals surface area contributed by atoms with Gasteiger partial charge in [-0.2, -0.15) is 18.3 Å². The lowest BCUT2D eigenvalue weighted by molar-refractivity contribution is -0.182. The molecule has 1 fully saturated rings. The van der Waals surface area contributed by atoms with Gasteiger partial charge in [-0.15, -0.1) is 0 Å². The monoisotopic (exact) mass is 348 g/mol. The number of nitrogens with one attached hydrogen (secondary N) is 1. The van der Waals surface area contributed by atoms with Crippen molar-refractivity contribution in [3.05, 3.63) is 36.0 Å². The molecule has 2 aromatic heterocycles. The van der Waals surface area contributed by atoms with Crippen molar-refractivity contribution in [3.8, 4) is 0 Å². The van der Waals surface area contributed by atoms with Crippen LogP contribution in [0, 0.1) is 12.8 Å². The van der Waals surface area contributed by atoms with Crippen LogP contribution >= 0.6 is 0 Å². The van der Waals surface area contributed by atoms with Crippen molar-refractivity contribution in [2.75, 3.05) is 5.32 Å². The first kappa shape index (κ1) is 16.2. The van der Waals surface area contributed by atoms with Gasteiger partial charge in [0, 0.05) is 17.5 Å². The van der Waals surface area contributed by atoms with Crippen LogP contribution in [-0.4, -0.2) is 26.8 Å². The summed E-state index contributed by atoms with van der Waals surface area (Å²) < 4.78 is 40.3. The fourth-order valence-corrected chi connectivity index (χ4v) is 3.64. The van der Waals surface area contributed by atoms with Crippen LogP contribution in [0.1, 0.15) is 31.4 Å². The quantitative estimate of drug-likeness (QED) is 0.728. The summed E-state index contributed by atoms with van der Waals surface area (Å²) in [6, 6.07) is 9.72. The number of aryl methyl sites for hydroxylation is 1. The molecule has 0 spiro atoms. The van der Waals surface area contributed by atoms with Crippen molar-refractivity contribution in [1.82, 2.24) is 14.6 Å². The average Bonchev–Trinajstić information content (AvgIpc) is 2.95. The smallest absolute Gasteiger partial charge is 0.367 e. The second-order valence-corrected chi connectivity index (χ2v) is 6.77. The summed E-state index contributed by atoms with van der Waals surface area (Å²) in [4.78, 5) is 4.65. The van der Waals surface area contributed by atoms with E-state index in [9.17, 15) is 13.2 Å². The van der Waals surface area contributed by atoms with Crippen LogP contribution in [0.5, 0.6) is 0 Å². The fourth-order valence-electron chi connectivity index (χ4n) is 3.64. The predicted molar refractivity (Wildman–Crippen MR) is 90.7 cm³/mol. The second-order valence-electron chi connectivity index (χ2n) is 6.77. The number of anilines is 1. The maximum atomic E-state index is 12.8. The lowest BCUT2D eigenvalue weighted by Crippen LogP contribution is -2.33. The van der Waals surface area contributed by atoms with Gasteiger partial charge in [0.15, 0.2) is 5.65 Å². The molecule has 0 saturated heterocycles. The number of rotatable bonds is 2. The van der Waals surface area contributed by atoms with E-state index in [0.717, 1.165) is 28.1 Å². The number of alkyl halides is 3. The van der Waals surface area contributed by atoms with E-state index < -0.39 is 12.1 Å². The number of aromatic nitrogens is 3. The Balaban J connectivity index is 1.63. The van der Waals surface area contributed by atoms with Crippen molar-refractivity contribution >= 4 is 22.4 Å². The molecule has 0 radical (unpaired) electrons. The van der Waals surface area contributed by atoms with E-state index in [1.165, 1.54) is 0 Å². The van der Waals surface area contributed by atoms with Gasteiger partial charge in [-0.05, 0) is 44.7 Å². The van der Waals surface area contributed by atoms with Crippen LogP contribution in [0.15, 0.2) is 30.3 Å². The minimum atomic E-state index is -4.08. The molecule has 7 heteroatoms. The lowest BCUT2D eigenvalue weighted by Gasteiger charge is -2.30. The highest BCUT2D eigenvalue weighted by Gasteiger charge is 2.41. The summed E-state index contributed by atoms with van der Waals surface area (Å²) in [6.07, 6.45) is -2.72. The normalized spacial score (nSPS) is 21.8. The number of hydrogen-bond donors (Lipinski definition) is 1. The molecule has 0 bridgehead atoms. The van der Waals surface area contributed by atoms with E-state index in [1.54, 1.807) is 4.52 Å². The van der Waals surface area contributed by atoms with Gasteiger partial charge >= 0.3 is 6.18 Å². The van der Waals surface area contributed by atoms with E-state index in [1.807, 2.05) is 37.3 Å². The van der Waals surface area contributed by atoms with E-state index in [4.69, 9.17) is 0 Å². The molecule has 1 aromatic carbocycles. The van der Waals surface area contributed by atoms with Gasteiger partial charge in [0.1, 0.15) is 5.82 Å². The molecule has 0 aliphatic heterocycles. The van der Waals surface area contributed by atoms with E-state index in [-0.39, 0.29) is 18.9 Å². The van der Waals surface area contributed by atoms with Crippen LogP contribution in [0.2, 0.25) is 0 Å². The predicted octanol–water partition coefficient (Wildman–Crippen LogP) is 4.72. The molecule has 0 atom stereocenters. The van der Waals surface area contributed by atoms with Crippen LogP contribution in [0.3, 0.4) is 0 Å². The Bertz CT molecular complexity index is 908. The summed E-state index contributed by atoms with van der Waals surface area (Å²) in [5.41, 5.74) is 2.55. The number of benzene rings is 1. The molecule has 0 amide bonds. The van der Waals surface area contributed by atoms with Gasteiger partial charge in [0.25, 0.3) is 0 Å². The van der Waals surface area contributed by atoms with E-state index in [2.05, 4.69) is 15.4 Å². The number of nitrogens with zero attached hydrogens (tertiary/aromatic N) is 3. The standard InChI is InChI=1S/C18H19F3N4/c1-11-10-16-23-17(14-4-2-3-5-15(14)25(16)24-11)22-13-8-6-12(7-9-13)18(19,20)21/h2-5,10,12-13H,6-9H2,1H3,(H,22,23). The SMILES string of the molecule is Cc1cc2nc(NC3CCC(C(F)(F)F)CC3)c3ccccc3n2n1. The molecule has 132 valence electrons. The molecular weight excluding hydrogens is 329 g/mol. The van der Waals surface area contributed by atoms with Gasteiger partial charge < -0.3 is 5.32 Å². The first-order valence-corrected chi connectivity index (χ1v) is 8.50. The van der Waals surface area contributed by atoms with Gasteiger partial charge in [-0.25, -0.2) is 9.50 Å². The molecule has 3 aromatic rings. The molecule has 1 aliphatic rings. The Morgan fingerprint density at radius 2 is 1.84 bits per heavy atom. The zero-order chi connectivity index (χ0) is 17.6. The first-order chi connectivity index (χ1) is 11.9. The molecule has 1 aliphatic carbocycles. The van der Waals surface area contributed by atoms with E-state index >= 15 is 0 Å². The van der Waals surface area contributed by atoms with Gasteiger partial charge in [0.2, 0.25) is 0 Å². The highest BCUT2D eigenvalue weighted by atomic mass is 19.4. The maximum Gasteiger partial charge on any atom is 0.391 e. The topological polar surface area (TPSA) is 42.2 Å². The third-order valence-corrected chi connectivity index (χ3v) is 4.96. The second kappa shape index (κ2) is 5.89. The molecule has 2 heterocycles. The van der Waals surface area contributed by atoms with Crippen LogP contribution < -0.4 is 5.32 Å². The van der Waals surface area contributed by atoms with Crippen molar-refractivity contribution in [3.63, 3.8) is 0 Å². The van der Waals surface area contributed by atoms with Crippen molar-refractivity contribution in [1.29, 1.82) is 0 Å². The van der Waals surface area contributed by atoms with Crippen LogP contribution in [-0.2, 0) is 0 Å². The molecule has 1 N–H and O–H groups in total. The minimum absolute atomic E-state index is 0.0148. The number of halogens is 3. The maximum absolute atomic E-state index is 12.8. The Labute approximate surface area is 143 Å². The molecule has 0 unspecified atom stereocenters. The fraction of sp³-hybridized carbons (Fsp3) is 0.444. The Kier molecular flexibility index (Phi) is 3.81. The summed E-state index contributed by atoms with van der Waals surface area (Å²) in [5, 5.41) is 8.77. The van der Waals surface area contributed by atoms with Crippen LogP contribution in [0.25, 0.3) is 16.6 Å². The number of fused-ring (bicyclic) bond motifs is 3. The van der Waals surface area contributed by atoms with Crippen molar-refractivity contribution in [2.24, 2.45) is 5.92 Å². The van der Waals surface area contributed by atoms with Crippen LogP contribution in [0.4, 0.5) is 19.0 Å². The average molecular weight is 348 g/mol. The van der Waals surface area contributed by atoms with E-state index in [0.29, 0.717) is 12.8 Å². The summed E-state index contributed by atoms with van der Waals surface area (Å²) in [7, 11) is 0. The van der Waals surface area contributed by atoms with Gasteiger partial charge in [-0.3, -0.25) is 0 Å². The molecule has 1 saturated carbocycles. The molecule has 25 heavy (non-hydrogen) atoms. The highest BCUT2D eigenvalue weighted by molar-refractivity contribution is 5.91. The zero-order valence-corrected chi connectivity index (χ0v) is 13.8. The molecule has 4 nitrogen and oxygen atoms in total. The summed E-state index contributed by atoms with van der Waals surface area (Å²) in [5.74, 6) is -0.450. The lowest BCUT2D eigenvalue weighted by atomic mass is 9.85. The Morgan fingerprint density at radius 1 is 1.12 bits per heavy atom. The minimum Gasteiger partial charge on any atom is -0.367 e. The third kappa shape index (κ3) is 3.03. The number of hydrogen-bond acceptors (Lipinski definition) is 3. The zero-order valence-electron chi connectivity index (χ0n) is 13.8. The summed E-state index contributed by atoms with van der Waals surface area (Å²) in [6.45, 7) is 1.91. The first-order valence-electron chi connectivity index (χ1n) is 8.50. The Hall–Kier alpha value is -2.31. The third-order valence-electron chi connectivity index (χ3n) is 4.96. The highest BCUT2D eigenvalue weighted by Crippen LogP contribution is 2.38. The Morgan fingerprint density at radius 3 is 2.56 bits per heavy atom. The van der Waals surface area contributed by atoms with Gasteiger partial charge in [-0.1, -0.05) is 12.1 Å². The summed E-state index contributed by atoms with van der Waals surface area (Å²) >= 11 is 0.